The third-order valence-corrected chi connectivity index (χ3v) is 4.19. The first-order valence-corrected chi connectivity index (χ1v) is 7.37. The first-order chi connectivity index (χ1) is 10.1. The average molecular weight is 287 g/mol. The summed E-state index contributed by atoms with van der Waals surface area (Å²) < 4.78 is 7.28. The van der Waals surface area contributed by atoms with Gasteiger partial charge in [-0.05, 0) is 57.0 Å². The second kappa shape index (κ2) is 6.76. The molecule has 0 bridgehead atoms. The highest BCUT2D eigenvalue weighted by atomic mass is 16.5. The fourth-order valence-corrected chi connectivity index (χ4v) is 2.80. The van der Waals surface area contributed by atoms with Crippen molar-refractivity contribution in [2.24, 2.45) is 7.05 Å². The summed E-state index contributed by atoms with van der Waals surface area (Å²) in [4.78, 5) is 0. The van der Waals surface area contributed by atoms with E-state index in [2.05, 4.69) is 36.4 Å². The maximum atomic E-state index is 5.31. The van der Waals surface area contributed by atoms with Gasteiger partial charge in [-0.15, -0.1) is 0 Å². The van der Waals surface area contributed by atoms with Crippen LogP contribution in [0.4, 0.5) is 0 Å². The quantitative estimate of drug-likeness (QED) is 0.888. The van der Waals surface area contributed by atoms with Gasteiger partial charge in [-0.3, -0.25) is 4.68 Å². The fourth-order valence-electron chi connectivity index (χ4n) is 2.80. The molecule has 1 heterocycles. The molecule has 0 aliphatic rings. The molecule has 2 rings (SSSR count). The highest BCUT2D eigenvalue weighted by molar-refractivity contribution is 5.31. The Morgan fingerprint density at radius 3 is 2.67 bits per heavy atom. The second-order valence-corrected chi connectivity index (χ2v) is 5.43. The number of nitrogens with one attached hydrogen (secondary N) is 1. The molecule has 0 spiro atoms. The first-order valence-electron chi connectivity index (χ1n) is 7.37. The lowest BCUT2D eigenvalue weighted by Crippen LogP contribution is -2.17. The van der Waals surface area contributed by atoms with E-state index in [4.69, 9.17) is 4.74 Å². The van der Waals surface area contributed by atoms with E-state index in [0.717, 1.165) is 24.3 Å². The Kier molecular flexibility index (Phi) is 5.02. The highest BCUT2D eigenvalue weighted by Gasteiger charge is 2.14. The van der Waals surface area contributed by atoms with Crippen LogP contribution in [-0.2, 0) is 13.5 Å². The summed E-state index contributed by atoms with van der Waals surface area (Å²) in [5.74, 6) is 0.904. The van der Waals surface area contributed by atoms with E-state index >= 15 is 0 Å². The van der Waals surface area contributed by atoms with Gasteiger partial charge in [-0.2, -0.15) is 5.10 Å². The third kappa shape index (κ3) is 3.45. The molecule has 0 aliphatic carbocycles. The van der Waals surface area contributed by atoms with Gasteiger partial charge in [-0.1, -0.05) is 12.1 Å². The van der Waals surface area contributed by atoms with Gasteiger partial charge in [0.25, 0.3) is 0 Å². The Hall–Kier alpha value is -1.81. The number of benzene rings is 1. The third-order valence-electron chi connectivity index (χ3n) is 4.19. The van der Waals surface area contributed by atoms with E-state index in [9.17, 15) is 0 Å². The van der Waals surface area contributed by atoms with Crippen LogP contribution in [0.15, 0.2) is 24.3 Å². The SMILES string of the molecule is CNC(CCc1c(C)nn(C)c1C)c1cccc(OC)c1. The van der Waals surface area contributed by atoms with Gasteiger partial charge in [0.1, 0.15) is 5.75 Å². The maximum absolute atomic E-state index is 5.31. The average Bonchev–Trinajstić information content (AvgIpc) is 2.74. The van der Waals surface area contributed by atoms with Crippen LogP contribution < -0.4 is 10.1 Å². The monoisotopic (exact) mass is 287 g/mol. The van der Waals surface area contributed by atoms with Crippen molar-refractivity contribution in [3.63, 3.8) is 0 Å². The Morgan fingerprint density at radius 2 is 2.10 bits per heavy atom. The van der Waals surface area contributed by atoms with Crippen molar-refractivity contribution in [1.29, 1.82) is 0 Å². The number of hydrogen-bond acceptors (Lipinski definition) is 3. The highest BCUT2D eigenvalue weighted by Crippen LogP contribution is 2.24. The van der Waals surface area contributed by atoms with Crippen molar-refractivity contribution in [2.45, 2.75) is 32.7 Å². The summed E-state index contributed by atoms with van der Waals surface area (Å²) in [6.07, 6.45) is 2.06. The molecule has 0 radical (unpaired) electrons. The zero-order valence-corrected chi connectivity index (χ0v) is 13.6. The van der Waals surface area contributed by atoms with E-state index in [1.807, 2.05) is 30.9 Å². The number of methoxy groups -OCH3 is 1. The topological polar surface area (TPSA) is 39.1 Å². The summed E-state index contributed by atoms with van der Waals surface area (Å²) >= 11 is 0. The van der Waals surface area contributed by atoms with E-state index in [1.54, 1.807) is 7.11 Å². The van der Waals surface area contributed by atoms with Crippen LogP contribution >= 0.6 is 0 Å². The molecule has 1 unspecified atom stereocenters. The standard InChI is InChI=1S/C17H25N3O/c1-12-16(13(2)20(4)19-12)9-10-17(18-3)14-7-6-8-15(11-14)21-5/h6-8,11,17-18H,9-10H2,1-5H3. The van der Waals surface area contributed by atoms with Crippen LogP contribution in [0.3, 0.4) is 0 Å². The molecule has 4 heteroatoms. The fraction of sp³-hybridized carbons (Fsp3) is 0.471. The Morgan fingerprint density at radius 1 is 1.33 bits per heavy atom. The molecule has 4 nitrogen and oxygen atoms in total. The number of rotatable bonds is 6. The minimum atomic E-state index is 0.319. The molecule has 0 saturated carbocycles. The van der Waals surface area contributed by atoms with Crippen molar-refractivity contribution < 1.29 is 4.74 Å². The van der Waals surface area contributed by atoms with Crippen molar-refractivity contribution in [1.82, 2.24) is 15.1 Å². The predicted octanol–water partition coefficient (Wildman–Crippen LogP) is 2.94. The predicted molar refractivity (Wildman–Crippen MR) is 85.8 cm³/mol. The molecule has 0 aliphatic heterocycles. The second-order valence-electron chi connectivity index (χ2n) is 5.43. The smallest absolute Gasteiger partial charge is 0.119 e. The molecule has 0 saturated heterocycles. The van der Waals surface area contributed by atoms with E-state index in [0.29, 0.717) is 6.04 Å². The zero-order chi connectivity index (χ0) is 15.4. The Labute approximate surface area is 127 Å². The molecule has 0 amide bonds. The number of aromatic nitrogens is 2. The molecule has 1 atom stereocenters. The van der Waals surface area contributed by atoms with E-state index in [-0.39, 0.29) is 0 Å². The van der Waals surface area contributed by atoms with Gasteiger partial charge in [-0.25, -0.2) is 0 Å². The van der Waals surface area contributed by atoms with Crippen LogP contribution in [0.2, 0.25) is 0 Å². The molecule has 1 aromatic heterocycles. The largest absolute Gasteiger partial charge is 0.497 e. The normalized spacial score (nSPS) is 12.4. The molecule has 21 heavy (non-hydrogen) atoms. The lowest BCUT2D eigenvalue weighted by atomic mass is 9.98. The number of ether oxygens (including phenoxy) is 1. The van der Waals surface area contributed by atoms with Crippen LogP contribution in [0.5, 0.6) is 5.75 Å². The lowest BCUT2D eigenvalue weighted by molar-refractivity contribution is 0.413. The summed E-state index contributed by atoms with van der Waals surface area (Å²) in [5, 5.41) is 7.89. The van der Waals surface area contributed by atoms with Gasteiger partial charge in [0, 0.05) is 18.8 Å². The van der Waals surface area contributed by atoms with Crippen molar-refractivity contribution in [3.8, 4) is 5.75 Å². The molecular formula is C17H25N3O. The summed E-state index contributed by atoms with van der Waals surface area (Å²) in [5.41, 5.74) is 5.01. The van der Waals surface area contributed by atoms with Gasteiger partial charge >= 0.3 is 0 Å². The Balaban J connectivity index is 2.12. The minimum absolute atomic E-state index is 0.319. The van der Waals surface area contributed by atoms with Crippen LogP contribution in [0, 0.1) is 13.8 Å². The first kappa shape index (κ1) is 15.6. The zero-order valence-electron chi connectivity index (χ0n) is 13.6. The van der Waals surface area contributed by atoms with Crippen LogP contribution in [-0.4, -0.2) is 23.9 Å². The van der Waals surface area contributed by atoms with Crippen LogP contribution in [0.25, 0.3) is 0 Å². The van der Waals surface area contributed by atoms with Gasteiger partial charge in [0.05, 0.1) is 12.8 Å². The number of hydrogen-bond donors (Lipinski definition) is 1. The number of aryl methyl sites for hydroxylation is 2. The van der Waals surface area contributed by atoms with E-state index < -0.39 is 0 Å². The minimum Gasteiger partial charge on any atom is -0.497 e. The summed E-state index contributed by atoms with van der Waals surface area (Å²) in [6, 6.07) is 8.58. The van der Waals surface area contributed by atoms with Crippen LogP contribution in [0.1, 0.15) is 35.0 Å². The van der Waals surface area contributed by atoms with E-state index in [1.165, 1.54) is 16.8 Å². The van der Waals surface area contributed by atoms with Crippen molar-refractivity contribution in [2.75, 3.05) is 14.2 Å². The summed E-state index contributed by atoms with van der Waals surface area (Å²) in [6.45, 7) is 4.22. The molecule has 1 aromatic carbocycles. The molecule has 0 fully saturated rings. The molecule has 114 valence electrons. The molecule has 2 aromatic rings. The van der Waals surface area contributed by atoms with Crippen molar-refractivity contribution >= 4 is 0 Å². The van der Waals surface area contributed by atoms with Gasteiger partial charge < -0.3 is 10.1 Å². The molecular weight excluding hydrogens is 262 g/mol. The summed E-state index contributed by atoms with van der Waals surface area (Å²) in [7, 11) is 5.71. The lowest BCUT2D eigenvalue weighted by Gasteiger charge is -2.17. The maximum Gasteiger partial charge on any atom is 0.119 e. The van der Waals surface area contributed by atoms with Gasteiger partial charge in [0.15, 0.2) is 0 Å². The number of nitrogens with zero attached hydrogens (tertiary/aromatic N) is 2. The van der Waals surface area contributed by atoms with Gasteiger partial charge in [0.2, 0.25) is 0 Å². The molecule has 1 N–H and O–H groups in total. The Bertz CT molecular complexity index is 604. The van der Waals surface area contributed by atoms with Crippen molar-refractivity contribution in [3.05, 3.63) is 46.8 Å².